The highest BCUT2D eigenvalue weighted by Crippen LogP contribution is 2.24. The van der Waals surface area contributed by atoms with Gasteiger partial charge in [0.2, 0.25) is 15.9 Å². The summed E-state index contributed by atoms with van der Waals surface area (Å²) in [5.74, 6) is 0.310. The lowest BCUT2D eigenvalue weighted by Crippen LogP contribution is -2.49. The lowest BCUT2D eigenvalue weighted by atomic mass is 10.1. The molecule has 1 amide bonds. The predicted molar refractivity (Wildman–Crippen MR) is 112 cm³/mol. The molecule has 28 heavy (non-hydrogen) atoms. The van der Waals surface area contributed by atoms with Crippen molar-refractivity contribution in [3.63, 3.8) is 0 Å². The molecule has 0 aliphatic carbocycles. The molecule has 0 aliphatic heterocycles. The second-order valence-corrected chi connectivity index (χ2v) is 8.51. The molecule has 2 aromatic rings. The summed E-state index contributed by atoms with van der Waals surface area (Å²) in [4.78, 5) is 12.9. The Bertz CT molecular complexity index is 901. The average Bonchev–Trinajstić information content (AvgIpc) is 2.65. The van der Waals surface area contributed by atoms with Gasteiger partial charge in [-0.25, -0.2) is 8.42 Å². The molecule has 0 aromatic heterocycles. The number of halogens is 1. The van der Waals surface area contributed by atoms with Crippen LogP contribution >= 0.6 is 11.6 Å². The number of nitrogens with one attached hydrogen (secondary N) is 1. The van der Waals surface area contributed by atoms with E-state index in [2.05, 4.69) is 5.32 Å². The van der Waals surface area contributed by atoms with Crippen molar-refractivity contribution in [1.82, 2.24) is 5.32 Å². The smallest absolute Gasteiger partial charge is 0.244 e. The second kappa shape index (κ2) is 9.80. The first-order valence-electron chi connectivity index (χ1n) is 9.01. The van der Waals surface area contributed by atoms with Crippen molar-refractivity contribution >= 4 is 33.2 Å². The fourth-order valence-corrected chi connectivity index (χ4v) is 4.23. The van der Waals surface area contributed by atoms with Crippen LogP contribution in [0.4, 0.5) is 5.69 Å². The number of ether oxygens (including phenoxy) is 1. The zero-order valence-electron chi connectivity index (χ0n) is 16.2. The molecule has 1 unspecified atom stereocenters. The molecular formula is C20H25ClN2O4S. The number of benzene rings is 2. The molecule has 0 heterocycles. The third kappa shape index (κ3) is 5.62. The van der Waals surface area contributed by atoms with Gasteiger partial charge in [0.05, 0.1) is 18.6 Å². The van der Waals surface area contributed by atoms with Crippen LogP contribution in [0.15, 0.2) is 48.5 Å². The normalized spacial score (nSPS) is 12.3. The molecule has 0 fully saturated rings. The molecule has 1 atom stereocenters. The van der Waals surface area contributed by atoms with Gasteiger partial charge in [-0.2, -0.15) is 0 Å². The van der Waals surface area contributed by atoms with E-state index in [4.69, 9.17) is 16.3 Å². The van der Waals surface area contributed by atoms with Crippen molar-refractivity contribution in [1.29, 1.82) is 0 Å². The molecule has 6 nitrogen and oxygen atoms in total. The first-order chi connectivity index (χ1) is 13.3. The average molecular weight is 425 g/mol. The quantitative estimate of drug-likeness (QED) is 0.667. The van der Waals surface area contributed by atoms with Gasteiger partial charge in [0.1, 0.15) is 11.8 Å². The van der Waals surface area contributed by atoms with Crippen LogP contribution in [0, 0.1) is 0 Å². The number of rotatable bonds is 9. The number of carbonyl (C=O) groups excluding carboxylic acids is 1. The number of anilines is 1. The number of carbonyl (C=O) groups is 1. The molecule has 1 N–H and O–H groups in total. The maximum Gasteiger partial charge on any atom is 0.244 e. The van der Waals surface area contributed by atoms with E-state index in [0.717, 1.165) is 16.1 Å². The van der Waals surface area contributed by atoms with Gasteiger partial charge in [-0.05, 0) is 43.7 Å². The Labute approximate surface area is 171 Å². The molecule has 152 valence electrons. The van der Waals surface area contributed by atoms with E-state index >= 15 is 0 Å². The Morgan fingerprint density at radius 1 is 1.14 bits per heavy atom. The maximum atomic E-state index is 12.9. The third-order valence-corrected chi connectivity index (χ3v) is 5.57. The minimum Gasteiger partial charge on any atom is -0.494 e. The molecule has 0 saturated heterocycles. The van der Waals surface area contributed by atoms with Gasteiger partial charge in [0, 0.05) is 17.1 Å². The summed E-state index contributed by atoms with van der Waals surface area (Å²) in [7, 11) is -3.68. The highest BCUT2D eigenvalue weighted by atomic mass is 35.5. The largest absolute Gasteiger partial charge is 0.494 e. The summed E-state index contributed by atoms with van der Waals surface area (Å²) in [6.07, 6.45) is 1.40. The molecule has 0 bridgehead atoms. The number of hydrogen-bond donors (Lipinski definition) is 1. The van der Waals surface area contributed by atoms with Crippen molar-refractivity contribution in [2.75, 3.05) is 17.2 Å². The SMILES string of the molecule is CCOc1ccccc1CNC(=O)C(CC)N(c1ccc(Cl)cc1)S(C)(=O)=O. The molecular weight excluding hydrogens is 400 g/mol. The lowest BCUT2D eigenvalue weighted by Gasteiger charge is -2.30. The van der Waals surface area contributed by atoms with Crippen molar-refractivity contribution in [2.24, 2.45) is 0 Å². The molecule has 8 heteroatoms. The first kappa shape index (κ1) is 22.0. The Morgan fingerprint density at radius 3 is 2.36 bits per heavy atom. The first-order valence-corrected chi connectivity index (χ1v) is 11.2. The molecule has 0 aliphatic rings. The Morgan fingerprint density at radius 2 is 1.79 bits per heavy atom. The molecule has 2 rings (SSSR count). The van der Waals surface area contributed by atoms with Crippen molar-refractivity contribution in [2.45, 2.75) is 32.9 Å². The molecule has 0 spiro atoms. The van der Waals surface area contributed by atoms with Crippen LogP contribution in [0.2, 0.25) is 5.02 Å². The fourth-order valence-electron chi connectivity index (χ4n) is 2.89. The van der Waals surface area contributed by atoms with Crippen LogP contribution in [-0.4, -0.2) is 33.2 Å². The highest BCUT2D eigenvalue weighted by Gasteiger charge is 2.31. The maximum absolute atomic E-state index is 12.9. The zero-order chi connectivity index (χ0) is 20.7. The van der Waals surface area contributed by atoms with Crippen LogP contribution in [0.25, 0.3) is 0 Å². The van der Waals surface area contributed by atoms with Gasteiger partial charge in [-0.15, -0.1) is 0 Å². The summed E-state index contributed by atoms with van der Waals surface area (Å²) in [6, 6.07) is 12.9. The zero-order valence-corrected chi connectivity index (χ0v) is 17.8. The standard InChI is InChI=1S/C20H25ClN2O4S/c1-4-18(23(28(3,25)26)17-12-10-16(21)11-13-17)20(24)22-14-15-8-6-7-9-19(15)27-5-2/h6-13,18H,4-5,14H2,1-3H3,(H,22,24). The molecule has 2 aromatic carbocycles. The lowest BCUT2D eigenvalue weighted by molar-refractivity contribution is -0.122. The summed E-state index contributed by atoms with van der Waals surface area (Å²) >= 11 is 5.91. The van der Waals surface area contributed by atoms with E-state index in [-0.39, 0.29) is 12.5 Å². The fraction of sp³-hybridized carbons (Fsp3) is 0.350. The number of nitrogens with zero attached hydrogens (tertiary/aromatic N) is 1. The van der Waals surface area contributed by atoms with Gasteiger partial charge in [-0.3, -0.25) is 9.10 Å². The van der Waals surface area contributed by atoms with Crippen LogP contribution < -0.4 is 14.4 Å². The topological polar surface area (TPSA) is 75.7 Å². The number of amides is 1. The minimum atomic E-state index is -3.68. The molecule has 0 radical (unpaired) electrons. The van der Waals surface area contributed by atoms with E-state index in [0.29, 0.717) is 29.5 Å². The van der Waals surface area contributed by atoms with Crippen molar-refractivity contribution in [3.05, 3.63) is 59.1 Å². The molecule has 0 saturated carbocycles. The third-order valence-electron chi connectivity index (χ3n) is 4.14. The summed E-state index contributed by atoms with van der Waals surface area (Å²) in [6.45, 7) is 4.41. The van der Waals surface area contributed by atoms with Gasteiger partial charge >= 0.3 is 0 Å². The predicted octanol–water partition coefficient (Wildman–Crippen LogP) is 3.60. The van der Waals surface area contributed by atoms with Gasteiger partial charge in [0.25, 0.3) is 0 Å². The van der Waals surface area contributed by atoms with Crippen LogP contribution in [-0.2, 0) is 21.4 Å². The van der Waals surface area contributed by atoms with Crippen LogP contribution in [0.1, 0.15) is 25.8 Å². The van der Waals surface area contributed by atoms with Crippen molar-refractivity contribution < 1.29 is 17.9 Å². The van der Waals surface area contributed by atoms with E-state index in [9.17, 15) is 13.2 Å². The van der Waals surface area contributed by atoms with Crippen molar-refractivity contribution in [3.8, 4) is 5.75 Å². The van der Waals surface area contributed by atoms with E-state index in [1.807, 2.05) is 31.2 Å². The minimum absolute atomic E-state index is 0.240. The summed E-state index contributed by atoms with van der Waals surface area (Å²) < 4.78 is 31.6. The number of sulfonamides is 1. The Balaban J connectivity index is 2.24. The van der Waals surface area contributed by atoms with Gasteiger partial charge in [0.15, 0.2) is 0 Å². The van der Waals surface area contributed by atoms with E-state index in [1.54, 1.807) is 31.2 Å². The number of para-hydroxylation sites is 1. The van der Waals surface area contributed by atoms with Gasteiger partial charge < -0.3 is 10.1 Å². The number of hydrogen-bond acceptors (Lipinski definition) is 4. The van der Waals surface area contributed by atoms with Crippen LogP contribution in [0.3, 0.4) is 0 Å². The second-order valence-electron chi connectivity index (χ2n) is 6.22. The Kier molecular flexibility index (Phi) is 7.71. The summed E-state index contributed by atoms with van der Waals surface area (Å²) in [5, 5.41) is 3.32. The van der Waals surface area contributed by atoms with Gasteiger partial charge in [-0.1, -0.05) is 36.7 Å². The monoisotopic (exact) mass is 424 g/mol. The highest BCUT2D eigenvalue weighted by molar-refractivity contribution is 7.92. The Hall–Kier alpha value is -2.25. The van der Waals surface area contributed by atoms with E-state index < -0.39 is 16.1 Å². The van der Waals surface area contributed by atoms with E-state index in [1.165, 1.54) is 0 Å². The summed E-state index contributed by atoms with van der Waals surface area (Å²) in [5.41, 5.74) is 1.22. The van der Waals surface area contributed by atoms with Crippen LogP contribution in [0.5, 0.6) is 5.75 Å².